The maximum atomic E-state index is 9.88. The van der Waals surface area contributed by atoms with Crippen molar-refractivity contribution in [1.82, 2.24) is 4.90 Å². The van der Waals surface area contributed by atoms with E-state index in [1.807, 2.05) is 6.07 Å². The second-order valence-electron chi connectivity index (χ2n) is 4.66. The number of hydrogen-bond acceptors (Lipinski definition) is 4. The van der Waals surface area contributed by atoms with Gasteiger partial charge in [0, 0.05) is 12.6 Å². The molecule has 1 rings (SSSR count). The van der Waals surface area contributed by atoms with Crippen LogP contribution in [0.15, 0.2) is 18.2 Å². The van der Waals surface area contributed by atoms with Crippen LogP contribution in [0.1, 0.15) is 38.3 Å². The van der Waals surface area contributed by atoms with Gasteiger partial charge in [0.15, 0.2) is 11.5 Å². The number of methoxy groups -OCH3 is 1. The highest BCUT2D eigenvalue weighted by molar-refractivity contribution is 5.42. The van der Waals surface area contributed by atoms with Crippen LogP contribution in [0, 0.1) is 0 Å². The average molecular weight is 266 g/mol. The van der Waals surface area contributed by atoms with Crippen molar-refractivity contribution in [1.29, 1.82) is 0 Å². The summed E-state index contributed by atoms with van der Waals surface area (Å²) in [5, 5.41) is 9.88. The van der Waals surface area contributed by atoms with E-state index in [0.29, 0.717) is 12.3 Å². The lowest BCUT2D eigenvalue weighted by atomic mass is 10.0. The molecule has 1 aromatic carbocycles. The maximum absolute atomic E-state index is 9.88. The molecule has 19 heavy (non-hydrogen) atoms. The number of ether oxygens (including phenoxy) is 1. The zero-order valence-electron chi connectivity index (χ0n) is 12.2. The molecule has 3 N–H and O–H groups in total. The standard InChI is InChI=1S/C15H26N2O2/c1-4-6-9-17(5-2)13(11-16)12-7-8-15(19-3)14(18)10-12/h7-8,10,13,18H,4-6,9,11,16H2,1-3H3. The number of nitrogens with zero attached hydrogens (tertiary/aromatic N) is 1. The molecule has 0 aliphatic rings. The van der Waals surface area contributed by atoms with E-state index in [1.54, 1.807) is 19.2 Å². The number of phenols is 1. The van der Waals surface area contributed by atoms with Gasteiger partial charge in [0.25, 0.3) is 0 Å². The van der Waals surface area contributed by atoms with Crippen LogP contribution < -0.4 is 10.5 Å². The fourth-order valence-corrected chi connectivity index (χ4v) is 2.31. The summed E-state index contributed by atoms with van der Waals surface area (Å²) in [6.45, 7) is 6.85. The van der Waals surface area contributed by atoms with Gasteiger partial charge in [0.1, 0.15) is 0 Å². The van der Waals surface area contributed by atoms with Crippen LogP contribution in [0.5, 0.6) is 11.5 Å². The molecule has 0 fully saturated rings. The van der Waals surface area contributed by atoms with Crippen LogP contribution in [0.2, 0.25) is 0 Å². The van der Waals surface area contributed by atoms with E-state index < -0.39 is 0 Å². The van der Waals surface area contributed by atoms with Crippen LogP contribution in [-0.2, 0) is 0 Å². The van der Waals surface area contributed by atoms with E-state index in [1.165, 1.54) is 6.42 Å². The highest BCUT2D eigenvalue weighted by atomic mass is 16.5. The molecule has 0 aromatic heterocycles. The molecule has 0 heterocycles. The number of aromatic hydroxyl groups is 1. The average Bonchev–Trinajstić information content (AvgIpc) is 2.43. The lowest BCUT2D eigenvalue weighted by Gasteiger charge is -2.30. The molecular formula is C15H26N2O2. The van der Waals surface area contributed by atoms with Crippen molar-refractivity contribution >= 4 is 0 Å². The molecule has 0 saturated heterocycles. The van der Waals surface area contributed by atoms with E-state index in [0.717, 1.165) is 25.1 Å². The smallest absolute Gasteiger partial charge is 0.160 e. The molecule has 0 saturated carbocycles. The molecule has 4 nitrogen and oxygen atoms in total. The Labute approximate surface area is 116 Å². The molecule has 1 unspecified atom stereocenters. The number of benzene rings is 1. The first-order valence-electron chi connectivity index (χ1n) is 6.98. The van der Waals surface area contributed by atoms with Crippen molar-refractivity contribution in [2.75, 3.05) is 26.7 Å². The molecule has 0 aliphatic carbocycles. The van der Waals surface area contributed by atoms with Gasteiger partial charge in [0.2, 0.25) is 0 Å². The van der Waals surface area contributed by atoms with Crippen LogP contribution >= 0.6 is 0 Å². The first-order valence-corrected chi connectivity index (χ1v) is 6.98. The lowest BCUT2D eigenvalue weighted by molar-refractivity contribution is 0.208. The zero-order chi connectivity index (χ0) is 14.3. The summed E-state index contributed by atoms with van der Waals surface area (Å²) < 4.78 is 5.07. The van der Waals surface area contributed by atoms with E-state index >= 15 is 0 Å². The molecule has 0 spiro atoms. The van der Waals surface area contributed by atoms with Gasteiger partial charge in [-0.3, -0.25) is 4.90 Å². The minimum Gasteiger partial charge on any atom is -0.504 e. The molecule has 4 heteroatoms. The van der Waals surface area contributed by atoms with Gasteiger partial charge in [-0.1, -0.05) is 26.3 Å². The fraction of sp³-hybridized carbons (Fsp3) is 0.600. The van der Waals surface area contributed by atoms with Gasteiger partial charge in [-0.05, 0) is 37.2 Å². The van der Waals surface area contributed by atoms with Gasteiger partial charge in [-0.15, -0.1) is 0 Å². The minimum atomic E-state index is 0.147. The van der Waals surface area contributed by atoms with Gasteiger partial charge >= 0.3 is 0 Å². The summed E-state index contributed by atoms with van der Waals surface area (Å²) in [4.78, 5) is 2.35. The van der Waals surface area contributed by atoms with E-state index in [2.05, 4.69) is 18.7 Å². The predicted octanol–water partition coefficient (Wildman–Crippen LogP) is 2.52. The summed E-state index contributed by atoms with van der Waals surface area (Å²) in [5.41, 5.74) is 6.96. The molecule has 1 aromatic rings. The highest BCUT2D eigenvalue weighted by Gasteiger charge is 2.18. The second-order valence-corrected chi connectivity index (χ2v) is 4.66. The summed E-state index contributed by atoms with van der Waals surface area (Å²) in [5.74, 6) is 0.668. The van der Waals surface area contributed by atoms with Gasteiger partial charge < -0.3 is 15.6 Å². The third kappa shape index (κ3) is 4.11. The van der Waals surface area contributed by atoms with Crippen molar-refractivity contribution < 1.29 is 9.84 Å². The Morgan fingerprint density at radius 1 is 1.37 bits per heavy atom. The zero-order valence-corrected chi connectivity index (χ0v) is 12.2. The molecule has 0 amide bonds. The van der Waals surface area contributed by atoms with Crippen molar-refractivity contribution in [3.05, 3.63) is 23.8 Å². The molecule has 1 atom stereocenters. The molecule has 108 valence electrons. The van der Waals surface area contributed by atoms with Crippen molar-refractivity contribution in [2.24, 2.45) is 5.73 Å². The number of likely N-dealkylation sites (N-methyl/N-ethyl adjacent to an activating group) is 1. The third-order valence-corrected chi connectivity index (χ3v) is 3.46. The van der Waals surface area contributed by atoms with Crippen molar-refractivity contribution in [3.8, 4) is 11.5 Å². The van der Waals surface area contributed by atoms with Crippen molar-refractivity contribution in [2.45, 2.75) is 32.7 Å². The fourth-order valence-electron chi connectivity index (χ4n) is 2.31. The highest BCUT2D eigenvalue weighted by Crippen LogP contribution is 2.30. The normalized spacial score (nSPS) is 12.7. The van der Waals surface area contributed by atoms with Crippen LogP contribution in [-0.4, -0.2) is 36.8 Å². The largest absolute Gasteiger partial charge is 0.504 e. The number of nitrogens with two attached hydrogens (primary N) is 1. The topological polar surface area (TPSA) is 58.7 Å². The predicted molar refractivity (Wildman–Crippen MR) is 78.6 cm³/mol. The number of phenolic OH excluding ortho intramolecular Hbond substituents is 1. The summed E-state index contributed by atoms with van der Waals surface area (Å²) in [6.07, 6.45) is 2.33. The Hall–Kier alpha value is -1.26. The number of unbranched alkanes of at least 4 members (excludes halogenated alkanes) is 1. The Balaban J connectivity index is 2.91. The quantitative estimate of drug-likeness (QED) is 0.759. The van der Waals surface area contributed by atoms with Crippen molar-refractivity contribution in [3.63, 3.8) is 0 Å². The molecule has 0 aliphatic heterocycles. The Morgan fingerprint density at radius 3 is 2.58 bits per heavy atom. The third-order valence-electron chi connectivity index (χ3n) is 3.46. The van der Waals surface area contributed by atoms with Crippen LogP contribution in [0.3, 0.4) is 0 Å². The van der Waals surface area contributed by atoms with Crippen LogP contribution in [0.25, 0.3) is 0 Å². The summed E-state index contributed by atoms with van der Waals surface area (Å²) in [7, 11) is 1.55. The summed E-state index contributed by atoms with van der Waals surface area (Å²) in [6, 6.07) is 5.67. The van der Waals surface area contributed by atoms with Gasteiger partial charge in [-0.25, -0.2) is 0 Å². The Bertz CT molecular complexity index is 382. The maximum Gasteiger partial charge on any atom is 0.160 e. The van der Waals surface area contributed by atoms with E-state index in [9.17, 15) is 5.11 Å². The second kappa shape index (κ2) is 8.02. The van der Waals surface area contributed by atoms with Gasteiger partial charge in [-0.2, -0.15) is 0 Å². The number of hydrogen-bond donors (Lipinski definition) is 2. The Morgan fingerprint density at radius 2 is 2.11 bits per heavy atom. The summed E-state index contributed by atoms with van der Waals surface area (Å²) >= 11 is 0. The molecule has 0 radical (unpaired) electrons. The first kappa shape index (κ1) is 15.8. The monoisotopic (exact) mass is 266 g/mol. The lowest BCUT2D eigenvalue weighted by Crippen LogP contribution is -2.34. The van der Waals surface area contributed by atoms with Crippen LogP contribution in [0.4, 0.5) is 0 Å². The van der Waals surface area contributed by atoms with E-state index in [-0.39, 0.29) is 11.8 Å². The minimum absolute atomic E-state index is 0.147. The SMILES string of the molecule is CCCCN(CC)C(CN)c1ccc(OC)c(O)c1. The molecule has 0 bridgehead atoms. The Kier molecular flexibility index (Phi) is 6.67. The number of rotatable bonds is 8. The van der Waals surface area contributed by atoms with Gasteiger partial charge in [0.05, 0.1) is 7.11 Å². The molecular weight excluding hydrogens is 240 g/mol. The first-order chi connectivity index (χ1) is 9.17. The van der Waals surface area contributed by atoms with E-state index in [4.69, 9.17) is 10.5 Å².